The van der Waals surface area contributed by atoms with Crippen molar-refractivity contribution in [2.24, 2.45) is 5.92 Å². The molecule has 1 N–H and O–H groups in total. The summed E-state index contributed by atoms with van der Waals surface area (Å²) < 4.78 is 27.4. The van der Waals surface area contributed by atoms with E-state index in [1.807, 2.05) is 19.1 Å². The summed E-state index contributed by atoms with van der Waals surface area (Å²) in [7, 11) is -3.65. The van der Waals surface area contributed by atoms with Crippen LogP contribution < -0.4 is 5.32 Å². The van der Waals surface area contributed by atoms with Crippen LogP contribution >= 0.6 is 23.2 Å². The Hall–Kier alpha value is -1.60. The molecular formula is C23H28Cl2N2O3S. The van der Waals surface area contributed by atoms with Gasteiger partial charge >= 0.3 is 0 Å². The third-order valence-electron chi connectivity index (χ3n) is 5.78. The quantitative estimate of drug-likeness (QED) is 0.605. The lowest BCUT2D eigenvalue weighted by Gasteiger charge is -2.32. The summed E-state index contributed by atoms with van der Waals surface area (Å²) in [6.07, 6.45) is 2.26. The number of carbonyl (C=O) groups excluding carboxylic acids is 1. The first kappa shape index (κ1) is 24.1. The van der Waals surface area contributed by atoms with Crippen LogP contribution in [0.3, 0.4) is 0 Å². The zero-order valence-electron chi connectivity index (χ0n) is 17.8. The fourth-order valence-electron chi connectivity index (χ4n) is 3.81. The summed E-state index contributed by atoms with van der Waals surface area (Å²) in [4.78, 5) is 12.9. The van der Waals surface area contributed by atoms with Gasteiger partial charge in [-0.05, 0) is 49.4 Å². The molecule has 8 heteroatoms. The van der Waals surface area contributed by atoms with E-state index < -0.39 is 10.0 Å². The van der Waals surface area contributed by atoms with Crippen LogP contribution in [0.25, 0.3) is 0 Å². The second-order valence-corrected chi connectivity index (χ2v) is 10.8. The normalized spacial score (nSPS) is 18.5. The molecule has 0 spiro atoms. The molecule has 2 aromatic carbocycles. The highest BCUT2D eigenvalue weighted by atomic mass is 35.5. The average Bonchev–Trinajstić information content (AvgIpc) is 2.76. The van der Waals surface area contributed by atoms with Crippen molar-refractivity contribution < 1.29 is 13.2 Å². The first-order chi connectivity index (χ1) is 14.7. The summed E-state index contributed by atoms with van der Waals surface area (Å²) in [5, 5.41) is 3.69. The number of nitrogens with one attached hydrogen (secondary N) is 1. The monoisotopic (exact) mass is 482 g/mol. The van der Waals surface area contributed by atoms with Gasteiger partial charge in [-0.25, -0.2) is 12.7 Å². The van der Waals surface area contributed by atoms with Gasteiger partial charge in [0.05, 0.1) is 17.7 Å². The predicted molar refractivity (Wildman–Crippen MR) is 126 cm³/mol. The molecule has 1 aliphatic heterocycles. The third-order valence-corrected chi connectivity index (χ3v) is 8.26. The Labute approximate surface area is 194 Å². The van der Waals surface area contributed by atoms with Gasteiger partial charge in [-0.2, -0.15) is 0 Å². The van der Waals surface area contributed by atoms with Crippen LogP contribution in [-0.4, -0.2) is 31.7 Å². The molecular weight excluding hydrogens is 455 g/mol. The van der Waals surface area contributed by atoms with E-state index in [2.05, 4.69) is 24.4 Å². The molecule has 0 bridgehead atoms. The Morgan fingerprint density at radius 3 is 2.42 bits per heavy atom. The summed E-state index contributed by atoms with van der Waals surface area (Å²) >= 11 is 12.3. The molecule has 2 atom stereocenters. The van der Waals surface area contributed by atoms with Crippen molar-refractivity contribution >= 4 is 39.1 Å². The molecule has 3 rings (SSSR count). The number of halogens is 2. The second-order valence-electron chi connectivity index (χ2n) is 7.98. The van der Waals surface area contributed by atoms with Gasteiger partial charge in [0.25, 0.3) is 0 Å². The minimum absolute atomic E-state index is 0.122. The van der Waals surface area contributed by atoms with Crippen LogP contribution in [0.4, 0.5) is 0 Å². The molecule has 5 nitrogen and oxygen atoms in total. The minimum Gasteiger partial charge on any atom is -0.349 e. The van der Waals surface area contributed by atoms with Crippen molar-refractivity contribution in [2.45, 2.75) is 44.9 Å². The zero-order chi connectivity index (χ0) is 22.6. The molecule has 1 saturated heterocycles. The van der Waals surface area contributed by atoms with Crippen LogP contribution in [0.2, 0.25) is 10.0 Å². The van der Waals surface area contributed by atoms with E-state index in [9.17, 15) is 13.2 Å². The molecule has 0 aromatic heterocycles. The van der Waals surface area contributed by atoms with Gasteiger partial charge in [0, 0.05) is 28.7 Å². The van der Waals surface area contributed by atoms with Crippen molar-refractivity contribution in [1.82, 2.24) is 9.62 Å². The van der Waals surface area contributed by atoms with E-state index >= 15 is 0 Å². The molecule has 31 heavy (non-hydrogen) atoms. The van der Waals surface area contributed by atoms with E-state index in [0.29, 0.717) is 35.0 Å². The van der Waals surface area contributed by atoms with Gasteiger partial charge in [0.1, 0.15) is 0 Å². The lowest BCUT2D eigenvalue weighted by molar-refractivity contribution is -0.126. The Bertz CT molecular complexity index is 1010. The van der Waals surface area contributed by atoms with Crippen LogP contribution in [0, 0.1) is 5.92 Å². The Kier molecular flexibility index (Phi) is 8.03. The molecule has 0 aliphatic carbocycles. The number of amides is 1. The van der Waals surface area contributed by atoms with E-state index in [1.54, 1.807) is 18.2 Å². The van der Waals surface area contributed by atoms with Crippen molar-refractivity contribution in [3.05, 3.63) is 69.2 Å². The molecule has 0 saturated carbocycles. The SMILES string of the molecule is CCc1ccc(C(C)NC(=O)C2CCCN(S(=O)(=O)Cc3c(Cl)cccc3Cl)C2)cc1. The number of hydrogen-bond donors (Lipinski definition) is 1. The number of nitrogens with zero attached hydrogens (tertiary/aromatic N) is 1. The van der Waals surface area contributed by atoms with Crippen LogP contribution in [-0.2, 0) is 27.0 Å². The third kappa shape index (κ3) is 6.01. The zero-order valence-corrected chi connectivity index (χ0v) is 20.1. The molecule has 2 unspecified atom stereocenters. The highest BCUT2D eigenvalue weighted by Crippen LogP contribution is 2.29. The van der Waals surface area contributed by atoms with E-state index in [4.69, 9.17) is 23.2 Å². The predicted octanol–water partition coefficient (Wildman–Crippen LogP) is 4.98. The van der Waals surface area contributed by atoms with Crippen LogP contribution in [0.15, 0.2) is 42.5 Å². The summed E-state index contributed by atoms with van der Waals surface area (Å²) in [6, 6.07) is 13.0. The lowest BCUT2D eigenvalue weighted by Crippen LogP contribution is -2.46. The number of carbonyl (C=O) groups is 1. The lowest BCUT2D eigenvalue weighted by atomic mass is 9.97. The molecule has 168 valence electrons. The number of aryl methyl sites for hydroxylation is 1. The molecule has 0 radical (unpaired) electrons. The maximum Gasteiger partial charge on any atom is 0.224 e. The Balaban J connectivity index is 1.65. The molecule has 2 aromatic rings. The van der Waals surface area contributed by atoms with E-state index in [0.717, 1.165) is 12.0 Å². The highest BCUT2D eigenvalue weighted by molar-refractivity contribution is 7.88. The first-order valence-electron chi connectivity index (χ1n) is 10.5. The van der Waals surface area contributed by atoms with Crippen molar-refractivity contribution in [3.63, 3.8) is 0 Å². The largest absolute Gasteiger partial charge is 0.349 e. The van der Waals surface area contributed by atoms with Crippen molar-refractivity contribution in [1.29, 1.82) is 0 Å². The topological polar surface area (TPSA) is 66.5 Å². The molecule has 1 amide bonds. The molecule has 1 heterocycles. The molecule has 1 aliphatic rings. The first-order valence-corrected chi connectivity index (χ1v) is 12.9. The summed E-state index contributed by atoms with van der Waals surface area (Å²) in [6.45, 7) is 4.60. The second kappa shape index (κ2) is 10.3. The standard InChI is InChI=1S/C23H28Cl2N2O3S/c1-3-17-9-11-18(12-10-17)16(2)26-23(28)19-6-5-13-27(14-19)31(29,30)15-20-21(24)7-4-8-22(20)25/h4,7-12,16,19H,3,5-6,13-15H2,1-2H3,(H,26,28). The number of piperidine rings is 1. The Morgan fingerprint density at radius 1 is 1.16 bits per heavy atom. The Morgan fingerprint density at radius 2 is 1.81 bits per heavy atom. The summed E-state index contributed by atoms with van der Waals surface area (Å²) in [5.74, 6) is -0.787. The fraction of sp³-hybridized carbons (Fsp3) is 0.435. The van der Waals surface area contributed by atoms with Crippen LogP contribution in [0.5, 0.6) is 0 Å². The van der Waals surface area contributed by atoms with Crippen molar-refractivity contribution in [2.75, 3.05) is 13.1 Å². The summed E-state index contributed by atoms with van der Waals surface area (Å²) in [5.41, 5.74) is 2.66. The number of hydrogen-bond acceptors (Lipinski definition) is 3. The van der Waals surface area contributed by atoms with Gasteiger partial charge in [-0.15, -0.1) is 0 Å². The van der Waals surface area contributed by atoms with E-state index in [-0.39, 0.29) is 30.2 Å². The van der Waals surface area contributed by atoms with Gasteiger partial charge < -0.3 is 5.32 Å². The van der Waals surface area contributed by atoms with Crippen molar-refractivity contribution in [3.8, 4) is 0 Å². The maximum absolute atomic E-state index is 13.0. The van der Waals surface area contributed by atoms with E-state index in [1.165, 1.54) is 9.87 Å². The average molecular weight is 483 g/mol. The minimum atomic E-state index is -3.65. The molecule has 1 fully saturated rings. The van der Waals surface area contributed by atoms with Gasteiger partial charge in [-0.3, -0.25) is 4.79 Å². The number of benzene rings is 2. The maximum atomic E-state index is 13.0. The highest BCUT2D eigenvalue weighted by Gasteiger charge is 2.33. The number of sulfonamides is 1. The van der Waals surface area contributed by atoms with Gasteiger partial charge in [-0.1, -0.05) is 60.5 Å². The van der Waals surface area contributed by atoms with Crippen LogP contribution in [0.1, 0.15) is 49.4 Å². The van der Waals surface area contributed by atoms with Gasteiger partial charge in [0.2, 0.25) is 15.9 Å². The fourth-order valence-corrected chi connectivity index (χ4v) is 6.17. The smallest absolute Gasteiger partial charge is 0.224 e. The number of rotatable bonds is 7. The van der Waals surface area contributed by atoms with Gasteiger partial charge in [0.15, 0.2) is 0 Å².